The Morgan fingerprint density at radius 2 is 1.35 bits per heavy atom. The Balaban J connectivity index is 1.79. The van der Waals surface area contributed by atoms with E-state index in [0.29, 0.717) is 0 Å². The van der Waals surface area contributed by atoms with Gasteiger partial charge in [0.15, 0.2) is 0 Å². The van der Waals surface area contributed by atoms with Gasteiger partial charge in [0.25, 0.3) is 0 Å². The third kappa shape index (κ3) is 3.07. The molecule has 4 heteroatoms. The smallest absolute Gasteiger partial charge is 0.0642 e. The number of hydrogen-bond acceptors (Lipinski definition) is 4. The van der Waals surface area contributed by atoms with Crippen LogP contribution in [0.1, 0.15) is 5.56 Å². The van der Waals surface area contributed by atoms with Gasteiger partial charge in [0.2, 0.25) is 0 Å². The molecule has 0 atom stereocenters. The van der Waals surface area contributed by atoms with Crippen molar-refractivity contribution in [1.29, 1.82) is 0 Å². The highest BCUT2D eigenvalue weighted by atomic mass is 16.5. The van der Waals surface area contributed by atoms with Gasteiger partial charge in [0.1, 0.15) is 0 Å². The minimum atomic E-state index is 0.845. The average Bonchev–Trinajstić information content (AvgIpc) is 2.48. The van der Waals surface area contributed by atoms with Crippen molar-refractivity contribution in [2.45, 2.75) is 6.92 Å². The zero-order valence-electron chi connectivity index (χ0n) is 12.6. The Bertz CT molecular complexity index is 449. The van der Waals surface area contributed by atoms with Gasteiger partial charge >= 0.3 is 0 Å². The molecular formula is C16H25N3O. The van der Waals surface area contributed by atoms with Crippen LogP contribution in [0, 0.1) is 6.92 Å². The van der Waals surface area contributed by atoms with Gasteiger partial charge in [-0.15, -0.1) is 0 Å². The van der Waals surface area contributed by atoms with Crippen molar-refractivity contribution in [3.63, 3.8) is 0 Å². The zero-order chi connectivity index (χ0) is 13.9. The molecular weight excluding hydrogens is 250 g/mol. The molecule has 0 N–H and O–H groups in total. The van der Waals surface area contributed by atoms with Crippen LogP contribution in [0.4, 0.5) is 11.4 Å². The van der Waals surface area contributed by atoms with Crippen LogP contribution in [0.2, 0.25) is 0 Å². The molecule has 4 nitrogen and oxygen atoms in total. The minimum Gasteiger partial charge on any atom is -0.378 e. The van der Waals surface area contributed by atoms with E-state index in [1.54, 1.807) is 0 Å². The van der Waals surface area contributed by atoms with Gasteiger partial charge in [-0.25, -0.2) is 0 Å². The van der Waals surface area contributed by atoms with Crippen LogP contribution in [0.15, 0.2) is 18.2 Å². The Hall–Kier alpha value is -1.26. The maximum absolute atomic E-state index is 5.45. The molecule has 1 aromatic carbocycles. The number of nitrogens with zero attached hydrogens (tertiary/aromatic N) is 3. The standard InChI is InChI=1S/C16H25N3O/c1-14-11-15(18-5-3-17(2)4-6-18)13-16(12-14)19-7-9-20-10-8-19/h11-13H,3-10H2,1-2H3. The molecule has 110 valence electrons. The van der Waals surface area contributed by atoms with E-state index in [0.717, 1.165) is 52.5 Å². The van der Waals surface area contributed by atoms with E-state index in [2.05, 4.69) is 46.9 Å². The molecule has 2 heterocycles. The van der Waals surface area contributed by atoms with E-state index in [1.807, 2.05) is 0 Å². The van der Waals surface area contributed by atoms with E-state index in [1.165, 1.54) is 16.9 Å². The number of aryl methyl sites for hydroxylation is 1. The van der Waals surface area contributed by atoms with Gasteiger partial charge < -0.3 is 19.4 Å². The Kier molecular flexibility index (Phi) is 4.13. The van der Waals surface area contributed by atoms with Gasteiger partial charge in [-0.05, 0) is 37.7 Å². The highest BCUT2D eigenvalue weighted by molar-refractivity contribution is 5.62. The first-order valence-electron chi connectivity index (χ1n) is 7.60. The lowest BCUT2D eigenvalue weighted by Crippen LogP contribution is -2.44. The quantitative estimate of drug-likeness (QED) is 0.816. The largest absolute Gasteiger partial charge is 0.378 e. The van der Waals surface area contributed by atoms with E-state index in [9.17, 15) is 0 Å². The van der Waals surface area contributed by atoms with Crippen molar-refractivity contribution in [2.24, 2.45) is 0 Å². The Morgan fingerprint density at radius 1 is 0.800 bits per heavy atom. The second-order valence-corrected chi connectivity index (χ2v) is 5.92. The summed E-state index contributed by atoms with van der Waals surface area (Å²) in [5.41, 5.74) is 4.07. The van der Waals surface area contributed by atoms with Crippen molar-refractivity contribution < 1.29 is 4.74 Å². The minimum absolute atomic E-state index is 0.845. The monoisotopic (exact) mass is 275 g/mol. The third-order valence-corrected chi connectivity index (χ3v) is 4.29. The van der Waals surface area contributed by atoms with Crippen LogP contribution in [0.5, 0.6) is 0 Å². The molecule has 1 aromatic rings. The summed E-state index contributed by atoms with van der Waals surface area (Å²) >= 11 is 0. The lowest BCUT2D eigenvalue weighted by Gasteiger charge is -2.35. The van der Waals surface area contributed by atoms with Gasteiger partial charge in [-0.3, -0.25) is 0 Å². The lowest BCUT2D eigenvalue weighted by atomic mass is 10.1. The average molecular weight is 275 g/mol. The number of anilines is 2. The topological polar surface area (TPSA) is 19.0 Å². The van der Waals surface area contributed by atoms with E-state index in [4.69, 9.17) is 4.74 Å². The molecule has 0 amide bonds. The number of likely N-dealkylation sites (N-methyl/N-ethyl adjacent to an activating group) is 1. The number of rotatable bonds is 2. The molecule has 0 unspecified atom stereocenters. The number of morpholine rings is 1. The van der Waals surface area contributed by atoms with Crippen molar-refractivity contribution in [2.75, 3.05) is 69.3 Å². The predicted octanol–water partition coefficient (Wildman–Crippen LogP) is 1.58. The van der Waals surface area contributed by atoms with Gasteiger partial charge in [0, 0.05) is 50.6 Å². The van der Waals surface area contributed by atoms with Crippen LogP contribution < -0.4 is 9.80 Å². The summed E-state index contributed by atoms with van der Waals surface area (Å²) in [6.07, 6.45) is 0. The summed E-state index contributed by atoms with van der Waals surface area (Å²) < 4.78 is 5.45. The maximum atomic E-state index is 5.45. The van der Waals surface area contributed by atoms with Crippen LogP contribution in [-0.4, -0.2) is 64.4 Å². The summed E-state index contributed by atoms with van der Waals surface area (Å²) in [6.45, 7) is 10.5. The predicted molar refractivity (Wildman–Crippen MR) is 83.9 cm³/mol. The van der Waals surface area contributed by atoms with Gasteiger partial charge in [0.05, 0.1) is 13.2 Å². The Labute approximate surface area is 121 Å². The fraction of sp³-hybridized carbons (Fsp3) is 0.625. The molecule has 2 aliphatic rings. The Morgan fingerprint density at radius 3 is 1.95 bits per heavy atom. The number of benzene rings is 1. The summed E-state index contributed by atoms with van der Waals surface area (Å²) in [5, 5.41) is 0. The van der Waals surface area contributed by atoms with Gasteiger partial charge in [-0.2, -0.15) is 0 Å². The van der Waals surface area contributed by atoms with Crippen molar-refractivity contribution in [3.8, 4) is 0 Å². The third-order valence-electron chi connectivity index (χ3n) is 4.29. The highest BCUT2D eigenvalue weighted by Crippen LogP contribution is 2.26. The second-order valence-electron chi connectivity index (χ2n) is 5.92. The fourth-order valence-electron chi connectivity index (χ4n) is 2.99. The molecule has 2 saturated heterocycles. The number of ether oxygens (including phenoxy) is 1. The molecule has 3 rings (SSSR count). The first kappa shape index (κ1) is 13.7. The van der Waals surface area contributed by atoms with Crippen LogP contribution in [0.3, 0.4) is 0 Å². The first-order chi connectivity index (χ1) is 9.72. The van der Waals surface area contributed by atoms with E-state index < -0.39 is 0 Å². The van der Waals surface area contributed by atoms with Gasteiger partial charge in [-0.1, -0.05) is 0 Å². The lowest BCUT2D eigenvalue weighted by molar-refractivity contribution is 0.122. The van der Waals surface area contributed by atoms with Crippen molar-refractivity contribution >= 4 is 11.4 Å². The van der Waals surface area contributed by atoms with E-state index in [-0.39, 0.29) is 0 Å². The first-order valence-corrected chi connectivity index (χ1v) is 7.60. The van der Waals surface area contributed by atoms with Crippen LogP contribution in [-0.2, 0) is 4.74 Å². The highest BCUT2D eigenvalue weighted by Gasteiger charge is 2.17. The fourth-order valence-corrected chi connectivity index (χ4v) is 2.99. The summed E-state index contributed by atoms with van der Waals surface area (Å²) in [5.74, 6) is 0. The molecule has 0 radical (unpaired) electrons. The SMILES string of the molecule is Cc1cc(N2CCOCC2)cc(N2CCN(C)CC2)c1. The molecule has 0 bridgehead atoms. The van der Waals surface area contributed by atoms with Crippen molar-refractivity contribution in [1.82, 2.24) is 4.90 Å². The summed E-state index contributed by atoms with van der Waals surface area (Å²) in [7, 11) is 2.20. The summed E-state index contributed by atoms with van der Waals surface area (Å²) in [4.78, 5) is 7.35. The number of hydrogen-bond donors (Lipinski definition) is 0. The van der Waals surface area contributed by atoms with E-state index >= 15 is 0 Å². The molecule has 0 spiro atoms. The molecule has 0 aromatic heterocycles. The molecule has 0 aliphatic carbocycles. The molecule has 2 aliphatic heterocycles. The van der Waals surface area contributed by atoms with Crippen LogP contribution in [0.25, 0.3) is 0 Å². The van der Waals surface area contributed by atoms with Crippen molar-refractivity contribution in [3.05, 3.63) is 23.8 Å². The number of piperazine rings is 1. The molecule has 20 heavy (non-hydrogen) atoms. The van der Waals surface area contributed by atoms with Crippen LogP contribution >= 0.6 is 0 Å². The normalized spacial score (nSPS) is 21.3. The molecule has 0 saturated carbocycles. The second kappa shape index (κ2) is 6.02. The zero-order valence-corrected chi connectivity index (χ0v) is 12.6. The maximum Gasteiger partial charge on any atom is 0.0642 e. The summed E-state index contributed by atoms with van der Waals surface area (Å²) in [6, 6.07) is 6.96. The molecule has 2 fully saturated rings.